The van der Waals surface area contributed by atoms with Crippen LogP contribution in [-0.2, 0) is 4.74 Å². The van der Waals surface area contributed by atoms with Gasteiger partial charge in [-0.3, -0.25) is 4.68 Å². The molecule has 0 saturated carbocycles. The largest absolute Gasteiger partial charge is 0.444 e. The summed E-state index contributed by atoms with van der Waals surface area (Å²) < 4.78 is 7.50. The van der Waals surface area contributed by atoms with Crippen LogP contribution in [0.5, 0.6) is 0 Å². The van der Waals surface area contributed by atoms with Gasteiger partial charge in [0.25, 0.3) is 0 Å². The van der Waals surface area contributed by atoms with Gasteiger partial charge in [0, 0.05) is 32.4 Å². The SMILES string of the molecule is CC(C)(C)OC(=O)N1CCC(n2cc(N3CCC3)cn2)CC1. The van der Waals surface area contributed by atoms with E-state index >= 15 is 0 Å². The Kier molecular flexibility index (Phi) is 4.02. The number of ether oxygens (including phenoxy) is 1. The van der Waals surface area contributed by atoms with Gasteiger partial charge in [-0.05, 0) is 40.0 Å². The molecular weight excluding hydrogens is 280 g/mol. The Morgan fingerprint density at radius 3 is 2.45 bits per heavy atom. The lowest BCUT2D eigenvalue weighted by atomic mass is 10.1. The summed E-state index contributed by atoms with van der Waals surface area (Å²) in [6, 6.07) is 0.383. The van der Waals surface area contributed by atoms with Gasteiger partial charge in [0.05, 0.1) is 17.9 Å². The van der Waals surface area contributed by atoms with Crippen LogP contribution < -0.4 is 4.90 Å². The van der Waals surface area contributed by atoms with Crippen LogP contribution in [0, 0.1) is 0 Å². The first-order valence-electron chi connectivity index (χ1n) is 8.19. The minimum absolute atomic E-state index is 0.201. The maximum absolute atomic E-state index is 12.1. The molecule has 0 N–H and O–H groups in total. The van der Waals surface area contributed by atoms with Crippen molar-refractivity contribution in [3.63, 3.8) is 0 Å². The molecule has 122 valence electrons. The van der Waals surface area contributed by atoms with Gasteiger partial charge in [0.1, 0.15) is 5.60 Å². The molecule has 2 aliphatic heterocycles. The molecule has 6 heteroatoms. The molecule has 0 radical (unpaired) electrons. The second-order valence-corrected chi connectivity index (χ2v) is 7.22. The summed E-state index contributed by atoms with van der Waals surface area (Å²) in [7, 11) is 0. The molecule has 0 spiro atoms. The lowest BCUT2D eigenvalue weighted by Gasteiger charge is -2.34. The third kappa shape index (κ3) is 3.36. The predicted molar refractivity (Wildman–Crippen MR) is 85.1 cm³/mol. The lowest BCUT2D eigenvalue weighted by molar-refractivity contribution is 0.0185. The van der Waals surface area contributed by atoms with Gasteiger partial charge in [-0.15, -0.1) is 0 Å². The molecule has 0 atom stereocenters. The van der Waals surface area contributed by atoms with Gasteiger partial charge in [-0.25, -0.2) is 4.79 Å². The number of hydrogen-bond donors (Lipinski definition) is 0. The monoisotopic (exact) mass is 306 g/mol. The van der Waals surface area contributed by atoms with E-state index in [9.17, 15) is 4.79 Å². The van der Waals surface area contributed by atoms with E-state index in [4.69, 9.17) is 4.74 Å². The van der Waals surface area contributed by atoms with Crippen molar-refractivity contribution in [1.29, 1.82) is 0 Å². The van der Waals surface area contributed by atoms with Crippen molar-refractivity contribution in [2.45, 2.75) is 51.7 Å². The van der Waals surface area contributed by atoms with Crippen LogP contribution in [0.1, 0.15) is 46.1 Å². The van der Waals surface area contributed by atoms with E-state index in [0.717, 1.165) is 39.0 Å². The van der Waals surface area contributed by atoms with Crippen molar-refractivity contribution in [2.24, 2.45) is 0 Å². The molecule has 22 heavy (non-hydrogen) atoms. The molecule has 0 bridgehead atoms. The van der Waals surface area contributed by atoms with Crippen molar-refractivity contribution < 1.29 is 9.53 Å². The average Bonchev–Trinajstić information content (AvgIpc) is 2.84. The summed E-state index contributed by atoms with van der Waals surface area (Å²) >= 11 is 0. The van der Waals surface area contributed by atoms with Gasteiger partial charge in [0.15, 0.2) is 0 Å². The molecule has 3 heterocycles. The second-order valence-electron chi connectivity index (χ2n) is 7.22. The summed E-state index contributed by atoms with van der Waals surface area (Å²) in [5, 5.41) is 4.51. The second kappa shape index (κ2) is 5.82. The van der Waals surface area contributed by atoms with E-state index in [1.165, 1.54) is 12.1 Å². The fraction of sp³-hybridized carbons (Fsp3) is 0.750. The van der Waals surface area contributed by atoms with Gasteiger partial charge in [0.2, 0.25) is 0 Å². The Hall–Kier alpha value is -1.72. The number of rotatable bonds is 2. The van der Waals surface area contributed by atoms with Gasteiger partial charge in [-0.2, -0.15) is 5.10 Å². The molecule has 2 saturated heterocycles. The number of anilines is 1. The first-order chi connectivity index (χ1) is 10.4. The maximum Gasteiger partial charge on any atom is 0.410 e. The molecular formula is C16H26N4O2. The highest BCUT2D eigenvalue weighted by atomic mass is 16.6. The van der Waals surface area contributed by atoms with Crippen molar-refractivity contribution in [3.05, 3.63) is 12.4 Å². The number of likely N-dealkylation sites (tertiary alicyclic amines) is 1. The molecule has 1 aromatic rings. The van der Waals surface area contributed by atoms with E-state index in [-0.39, 0.29) is 6.09 Å². The number of nitrogens with zero attached hydrogens (tertiary/aromatic N) is 4. The van der Waals surface area contributed by atoms with Crippen LogP contribution in [0.2, 0.25) is 0 Å². The Morgan fingerprint density at radius 2 is 1.91 bits per heavy atom. The summed E-state index contributed by atoms with van der Waals surface area (Å²) in [6.45, 7) is 9.46. The minimum Gasteiger partial charge on any atom is -0.444 e. The zero-order valence-electron chi connectivity index (χ0n) is 13.8. The molecule has 3 rings (SSSR count). The summed E-state index contributed by atoms with van der Waals surface area (Å²) in [5.41, 5.74) is 0.794. The highest BCUT2D eigenvalue weighted by Crippen LogP contribution is 2.26. The van der Waals surface area contributed by atoms with Crippen LogP contribution in [0.15, 0.2) is 12.4 Å². The van der Waals surface area contributed by atoms with E-state index in [1.54, 1.807) is 0 Å². The van der Waals surface area contributed by atoms with Gasteiger partial charge >= 0.3 is 6.09 Å². The quantitative estimate of drug-likeness (QED) is 0.843. The molecule has 1 amide bonds. The van der Waals surface area contributed by atoms with Gasteiger partial charge in [-0.1, -0.05) is 0 Å². The van der Waals surface area contributed by atoms with Crippen LogP contribution in [-0.4, -0.2) is 52.6 Å². The predicted octanol–water partition coefficient (Wildman–Crippen LogP) is 2.67. The van der Waals surface area contributed by atoms with E-state index < -0.39 is 5.60 Å². The molecule has 0 unspecified atom stereocenters. The molecule has 1 aromatic heterocycles. The van der Waals surface area contributed by atoms with Crippen LogP contribution in [0.4, 0.5) is 10.5 Å². The van der Waals surface area contributed by atoms with Crippen LogP contribution in [0.3, 0.4) is 0 Å². The Bertz CT molecular complexity index is 522. The minimum atomic E-state index is -0.429. The third-order valence-electron chi connectivity index (χ3n) is 4.30. The van der Waals surface area contributed by atoms with Crippen molar-refractivity contribution in [2.75, 3.05) is 31.1 Å². The summed E-state index contributed by atoms with van der Waals surface area (Å²) in [6.07, 6.45) is 7.04. The summed E-state index contributed by atoms with van der Waals surface area (Å²) in [4.78, 5) is 16.2. The first-order valence-corrected chi connectivity index (χ1v) is 8.19. The number of carbonyl (C=O) groups excluding carboxylic acids is 1. The number of aromatic nitrogens is 2. The van der Waals surface area contributed by atoms with E-state index in [1.807, 2.05) is 31.9 Å². The Balaban J connectivity index is 1.53. The number of hydrogen-bond acceptors (Lipinski definition) is 4. The van der Waals surface area contributed by atoms with E-state index in [0.29, 0.717) is 6.04 Å². The Morgan fingerprint density at radius 1 is 1.23 bits per heavy atom. The van der Waals surface area contributed by atoms with E-state index in [2.05, 4.69) is 20.9 Å². The smallest absolute Gasteiger partial charge is 0.410 e. The van der Waals surface area contributed by atoms with Gasteiger partial charge < -0.3 is 14.5 Å². The molecule has 0 aromatic carbocycles. The van der Waals surface area contributed by atoms with Crippen molar-refractivity contribution in [3.8, 4) is 0 Å². The molecule has 0 aliphatic carbocycles. The average molecular weight is 306 g/mol. The first kappa shape index (κ1) is 15.2. The molecule has 2 aliphatic rings. The van der Waals surface area contributed by atoms with Crippen LogP contribution in [0.25, 0.3) is 0 Å². The highest BCUT2D eigenvalue weighted by molar-refractivity contribution is 5.68. The van der Waals surface area contributed by atoms with Crippen molar-refractivity contribution in [1.82, 2.24) is 14.7 Å². The summed E-state index contributed by atoms with van der Waals surface area (Å²) in [5.74, 6) is 0. The lowest BCUT2D eigenvalue weighted by Crippen LogP contribution is -2.42. The normalized spacial score (nSPS) is 20.0. The number of piperidine rings is 1. The topological polar surface area (TPSA) is 50.6 Å². The molecule has 2 fully saturated rings. The maximum atomic E-state index is 12.1. The zero-order chi connectivity index (χ0) is 15.7. The molecule has 6 nitrogen and oxygen atoms in total. The van der Waals surface area contributed by atoms with Crippen molar-refractivity contribution >= 4 is 11.8 Å². The fourth-order valence-electron chi connectivity index (χ4n) is 2.90. The third-order valence-corrected chi connectivity index (χ3v) is 4.30. The highest BCUT2D eigenvalue weighted by Gasteiger charge is 2.28. The standard InChI is InChI=1S/C16H26N4O2/c1-16(2,3)22-15(21)19-9-5-13(6-10-19)20-12-14(11-17-20)18-7-4-8-18/h11-13H,4-10H2,1-3H3. The van der Waals surface area contributed by atoms with Crippen LogP contribution >= 0.6 is 0 Å². The zero-order valence-corrected chi connectivity index (χ0v) is 13.8. The number of carbonyl (C=O) groups is 1. The Labute approximate surface area is 132 Å². The number of amides is 1. The fourth-order valence-corrected chi connectivity index (χ4v) is 2.90.